The number of likely N-dealkylation sites (N-methyl/N-ethyl adjacent to an activating group) is 1. The molecule has 1 saturated heterocycles. The van der Waals surface area contributed by atoms with Crippen LogP contribution in [-0.2, 0) is 10.3 Å². The molecule has 0 aliphatic carbocycles. The molecular formula is C11H15NO. The normalized spacial score (nSPS) is 21.1. The summed E-state index contributed by atoms with van der Waals surface area (Å²) in [5, 5.41) is 0. The molecule has 0 bridgehead atoms. The van der Waals surface area contributed by atoms with Crippen LogP contribution >= 0.6 is 0 Å². The molecule has 0 N–H and O–H groups in total. The van der Waals surface area contributed by atoms with Crippen molar-refractivity contribution in [3.05, 3.63) is 35.9 Å². The highest BCUT2D eigenvalue weighted by atomic mass is 16.5. The Bertz CT molecular complexity index is 277. The molecule has 1 aliphatic heterocycles. The maximum absolute atomic E-state index is 5.59. The monoisotopic (exact) mass is 177 g/mol. The van der Waals surface area contributed by atoms with Crippen molar-refractivity contribution in [3.8, 4) is 0 Å². The van der Waals surface area contributed by atoms with Crippen molar-refractivity contribution in [1.82, 2.24) is 4.90 Å². The molecule has 1 aromatic rings. The van der Waals surface area contributed by atoms with Crippen LogP contribution in [0.4, 0.5) is 0 Å². The van der Waals surface area contributed by atoms with Gasteiger partial charge in [-0.05, 0) is 12.6 Å². The summed E-state index contributed by atoms with van der Waals surface area (Å²) in [4.78, 5) is 2.26. The Balaban J connectivity index is 2.24. The lowest BCUT2D eigenvalue weighted by Gasteiger charge is -2.47. The minimum absolute atomic E-state index is 0.0456. The van der Waals surface area contributed by atoms with Crippen LogP contribution in [0.3, 0.4) is 0 Å². The number of benzene rings is 1. The third-order valence-electron chi connectivity index (χ3n) is 2.74. The van der Waals surface area contributed by atoms with E-state index in [1.54, 1.807) is 7.11 Å². The molecule has 1 heterocycles. The Morgan fingerprint density at radius 3 is 2.31 bits per heavy atom. The molecule has 2 heteroatoms. The zero-order chi connectivity index (χ0) is 9.31. The molecule has 0 atom stereocenters. The Morgan fingerprint density at radius 1 is 1.23 bits per heavy atom. The number of rotatable bonds is 2. The second-order valence-electron chi connectivity index (χ2n) is 3.74. The van der Waals surface area contributed by atoms with E-state index in [1.165, 1.54) is 5.56 Å². The molecular weight excluding hydrogens is 162 g/mol. The van der Waals surface area contributed by atoms with Crippen LogP contribution in [0.2, 0.25) is 0 Å². The Morgan fingerprint density at radius 2 is 1.85 bits per heavy atom. The second kappa shape index (κ2) is 3.13. The van der Waals surface area contributed by atoms with Crippen LogP contribution in [0.1, 0.15) is 5.56 Å². The van der Waals surface area contributed by atoms with Gasteiger partial charge in [-0.15, -0.1) is 0 Å². The topological polar surface area (TPSA) is 12.5 Å². The quantitative estimate of drug-likeness (QED) is 0.678. The molecule has 2 nitrogen and oxygen atoms in total. The highest BCUT2D eigenvalue weighted by Gasteiger charge is 2.42. The summed E-state index contributed by atoms with van der Waals surface area (Å²) in [7, 11) is 3.90. The Kier molecular flexibility index (Phi) is 2.10. The van der Waals surface area contributed by atoms with Crippen molar-refractivity contribution in [1.29, 1.82) is 0 Å². The molecule has 0 radical (unpaired) electrons. The predicted molar refractivity (Wildman–Crippen MR) is 52.6 cm³/mol. The zero-order valence-electron chi connectivity index (χ0n) is 8.16. The van der Waals surface area contributed by atoms with Crippen LogP contribution in [0.5, 0.6) is 0 Å². The molecule has 0 unspecified atom stereocenters. The van der Waals surface area contributed by atoms with Gasteiger partial charge in [0.1, 0.15) is 5.60 Å². The SMILES string of the molecule is COC1(c2ccccc2)CN(C)C1. The lowest BCUT2D eigenvalue weighted by atomic mass is 9.86. The Hall–Kier alpha value is -0.860. The lowest BCUT2D eigenvalue weighted by molar-refractivity contribution is -0.121. The first-order valence-electron chi connectivity index (χ1n) is 4.56. The summed E-state index contributed by atoms with van der Waals surface area (Å²) < 4.78 is 5.59. The first-order valence-corrected chi connectivity index (χ1v) is 4.56. The number of hydrogen-bond acceptors (Lipinski definition) is 2. The minimum Gasteiger partial charge on any atom is -0.371 e. The number of hydrogen-bond donors (Lipinski definition) is 0. The highest BCUT2D eigenvalue weighted by molar-refractivity contribution is 5.26. The van der Waals surface area contributed by atoms with E-state index in [9.17, 15) is 0 Å². The van der Waals surface area contributed by atoms with E-state index in [0.29, 0.717) is 0 Å². The van der Waals surface area contributed by atoms with Gasteiger partial charge in [0.25, 0.3) is 0 Å². The number of nitrogens with zero attached hydrogens (tertiary/aromatic N) is 1. The molecule has 0 aromatic heterocycles. The average Bonchev–Trinajstić information content (AvgIpc) is 2.14. The van der Waals surface area contributed by atoms with E-state index in [4.69, 9.17) is 4.74 Å². The van der Waals surface area contributed by atoms with Gasteiger partial charge >= 0.3 is 0 Å². The number of ether oxygens (including phenoxy) is 1. The number of likely N-dealkylation sites (tertiary alicyclic amines) is 1. The van der Waals surface area contributed by atoms with Crippen LogP contribution in [0.15, 0.2) is 30.3 Å². The minimum atomic E-state index is -0.0456. The highest BCUT2D eigenvalue weighted by Crippen LogP contribution is 2.33. The molecule has 70 valence electrons. The van der Waals surface area contributed by atoms with Gasteiger partial charge in [-0.25, -0.2) is 0 Å². The summed E-state index contributed by atoms with van der Waals surface area (Å²) in [6.07, 6.45) is 0. The Labute approximate surface area is 79.1 Å². The van der Waals surface area contributed by atoms with E-state index < -0.39 is 0 Å². The summed E-state index contributed by atoms with van der Waals surface area (Å²) in [5.74, 6) is 0. The maximum atomic E-state index is 5.59. The van der Waals surface area contributed by atoms with Gasteiger partial charge in [0.05, 0.1) is 0 Å². The summed E-state index contributed by atoms with van der Waals surface area (Å²) in [6, 6.07) is 10.4. The third-order valence-corrected chi connectivity index (χ3v) is 2.74. The molecule has 13 heavy (non-hydrogen) atoms. The van der Waals surface area contributed by atoms with Crippen LogP contribution in [0.25, 0.3) is 0 Å². The van der Waals surface area contributed by atoms with E-state index in [2.05, 4.69) is 36.2 Å². The predicted octanol–water partition coefficient (Wildman–Crippen LogP) is 1.47. The van der Waals surface area contributed by atoms with E-state index >= 15 is 0 Å². The smallest absolute Gasteiger partial charge is 0.118 e. The average molecular weight is 177 g/mol. The van der Waals surface area contributed by atoms with Gasteiger partial charge in [0.15, 0.2) is 0 Å². The summed E-state index contributed by atoms with van der Waals surface area (Å²) >= 11 is 0. The molecule has 0 saturated carbocycles. The van der Waals surface area contributed by atoms with Crippen molar-refractivity contribution in [3.63, 3.8) is 0 Å². The molecule has 0 spiro atoms. The summed E-state index contributed by atoms with van der Waals surface area (Å²) in [5.41, 5.74) is 1.24. The van der Waals surface area contributed by atoms with Gasteiger partial charge in [-0.2, -0.15) is 0 Å². The number of methoxy groups -OCH3 is 1. The lowest BCUT2D eigenvalue weighted by Crippen LogP contribution is -2.58. The fourth-order valence-corrected chi connectivity index (χ4v) is 2.00. The summed E-state index contributed by atoms with van der Waals surface area (Å²) in [6.45, 7) is 1.99. The van der Waals surface area contributed by atoms with Crippen molar-refractivity contribution >= 4 is 0 Å². The molecule has 2 rings (SSSR count). The first kappa shape index (κ1) is 8.73. The zero-order valence-corrected chi connectivity index (χ0v) is 8.16. The van der Waals surface area contributed by atoms with Gasteiger partial charge < -0.3 is 4.74 Å². The van der Waals surface area contributed by atoms with Gasteiger partial charge in [0.2, 0.25) is 0 Å². The van der Waals surface area contributed by atoms with Crippen molar-refractivity contribution in [2.75, 3.05) is 27.2 Å². The molecule has 1 fully saturated rings. The van der Waals surface area contributed by atoms with Gasteiger partial charge in [-0.3, -0.25) is 4.90 Å². The third kappa shape index (κ3) is 1.36. The molecule has 1 aliphatic rings. The fourth-order valence-electron chi connectivity index (χ4n) is 2.00. The molecule has 0 amide bonds. The fraction of sp³-hybridized carbons (Fsp3) is 0.455. The van der Waals surface area contributed by atoms with Crippen molar-refractivity contribution in [2.45, 2.75) is 5.60 Å². The van der Waals surface area contributed by atoms with Crippen molar-refractivity contribution < 1.29 is 4.74 Å². The standard InChI is InChI=1S/C11H15NO/c1-12-8-11(9-12,13-2)10-6-4-3-5-7-10/h3-7H,8-9H2,1-2H3. The van der Waals surface area contributed by atoms with E-state index in [1.807, 2.05) is 6.07 Å². The second-order valence-corrected chi connectivity index (χ2v) is 3.74. The maximum Gasteiger partial charge on any atom is 0.118 e. The van der Waals surface area contributed by atoms with Crippen LogP contribution in [-0.4, -0.2) is 32.1 Å². The van der Waals surface area contributed by atoms with Crippen molar-refractivity contribution in [2.24, 2.45) is 0 Å². The van der Waals surface area contributed by atoms with Crippen LogP contribution < -0.4 is 0 Å². The first-order chi connectivity index (χ1) is 6.27. The van der Waals surface area contributed by atoms with Gasteiger partial charge in [-0.1, -0.05) is 30.3 Å². The molecule has 1 aromatic carbocycles. The van der Waals surface area contributed by atoms with E-state index in [-0.39, 0.29) is 5.60 Å². The largest absolute Gasteiger partial charge is 0.371 e. The van der Waals surface area contributed by atoms with Gasteiger partial charge in [0, 0.05) is 20.2 Å². The van der Waals surface area contributed by atoms with Crippen LogP contribution in [0, 0.1) is 0 Å². The van der Waals surface area contributed by atoms with E-state index in [0.717, 1.165) is 13.1 Å².